The van der Waals surface area contributed by atoms with Crippen LogP contribution < -0.4 is 5.32 Å². The van der Waals surface area contributed by atoms with Gasteiger partial charge in [0, 0.05) is 0 Å². The second kappa shape index (κ2) is 3.65. The van der Waals surface area contributed by atoms with E-state index in [4.69, 9.17) is 0 Å². The quantitative estimate of drug-likeness (QED) is 0.729. The number of hydrogen-bond acceptors (Lipinski definition) is 1. The fraction of sp³-hybridized carbons (Fsp3) is 0.455. The monoisotopic (exact) mass is 197 g/mol. The van der Waals surface area contributed by atoms with Crippen molar-refractivity contribution in [2.24, 2.45) is 0 Å². The highest BCUT2D eigenvalue weighted by Crippen LogP contribution is 2.28. The Morgan fingerprint density at radius 1 is 1.43 bits per heavy atom. The van der Waals surface area contributed by atoms with Gasteiger partial charge in [0.25, 0.3) is 6.43 Å². The molecule has 1 N–H and O–H groups in total. The number of halogens is 2. The lowest BCUT2D eigenvalue weighted by Gasteiger charge is -2.26. The molecular weight excluding hydrogens is 184 g/mol. The van der Waals surface area contributed by atoms with E-state index in [9.17, 15) is 8.78 Å². The fourth-order valence-electron chi connectivity index (χ4n) is 1.93. The van der Waals surface area contributed by atoms with Crippen LogP contribution in [0.15, 0.2) is 18.2 Å². The molecule has 1 atom stereocenters. The molecule has 0 radical (unpaired) electrons. The van der Waals surface area contributed by atoms with Crippen molar-refractivity contribution in [1.82, 2.24) is 5.32 Å². The van der Waals surface area contributed by atoms with Crippen molar-refractivity contribution in [3.8, 4) is 0 Å². The number of alkyl halides is 2. The molecule has 2 rings (SSSR count). The first-order valence-electron chi connectivity index (χ1n) is 4.79. The predicted molar refractivity (Wildman–Crippen MR) is 51.6 cm³/mol. The van der Waals surface area contributed by atoms with Crippen molar-refractivity contribution in [1.29, 1.82) is 0 Å². The van der Waals surface area contributed by atoms with E-state index in [0.717, 1.165) is 23.1 Å². The van der Waals surface area contributed by atoms with E-state index < -0.39 is 12.5 Å². The highest BCUT2D eigenvalue weighted by Gasteiger charge is 2.27. The Kier molecular flexibility index (Phi) is 2.50. The highest BCUT2D eigenvalue weighted by molar-refractivity contribution is 5.36. The average Bonchev–Trinajstić information content (AvgIpc) is 2.16. The largest absolute Gasteiger partial charge is 0.305 e. The second-order valence-corrected chi connectivity index (χ2v) is 3.72. The average molecular weight is 197 g/mol. The van der Waals surface area contributed by atoms with Gasteiger partial charge in [-0.25, -0.2) is 8.78 Å². The standard InChI is InChI=1S/C11H13F2N/c1-7-2-3-8-4-5-14-10(11(12)13)9(8)6-7/h2-3,6,10-11,14H,4-5H2,1H3. The van der Waals surface area contributed by atoms with Crippen molar-refractivity contribution in [2.75, 3.05) is 6.54 Å². The molecule has 1 heterocycles. The van der Waals surface area contributed by atoms with E-state index in [1.54, 1.807) is 0 Å². The molecule has 0 saturated carbocycles. The zero-order valence-corrected chi connectivity index (χ0v) is 8.06. The number of benzene rings is 1. The molecule has 0 spiro atoms. The summed E-state index contributed by atoms with van der Waals surface area (Å²) in [6, 6.07) is 5.02. The first-order valence-corrected chi connectivity index (χ1v) is 4.79. The fourth-order valence-corrected chi connectivity index (χ4v) is 1.93. The molecule has 1 aromatic rings. The van der Waals surface area contributed by atoms with Crippen LogP contribution in [0.1, 0.15) is 22.7 Å². The van der Waals surface area contributed by atoms with E-state index in [1.807, 2.05) is 25.1 Å². The Morgan fingerprint density at radius 3 is 2.93 bits per heavy atom. The summed E-state index contributed by atoms with van der Waals surface area (Å²) < 4.78 is 25.3. The van der Waals surface area contributed by atoms with Gasteiger partial charge in [0.05, 0.1) is 6.04 Å². The van der Waals surface area contributed by atoms with Gasteiger partial charge in [-0.1, -0.05) is 23.8 Å². The number of hydrogen-bond donors (Lipinski definition) is 1. The number of nitrogens with one attached hydrogen (secondary N) is 1. The minimum Gasteiger partial charge on any atom is -0.305 e. The Hall–Kier alpha value is -0.960. The SMILES string of the molecule is Cc1ccc2c(c1)C(C(F)F)NCC2. The third-order valence-corrected chi connectivity index (χ3v) is 2.65. The van der Waals surface area contributed by atoms with Crippen molar-refractivity contribution >= 4 is 0 Å². The van der Waals surface area contributed by atoms with Crippen molar-refractivity contribution in [3.63, 3.8) is 0 Å². The molecule has 0 fully saturated rings. The van der Waals surface area contributed by atoms with Gasteiger partial charge in [-0.2, -0.15) is 0 Å². The van der Waals surface area contributed by atoms with Gasteiger partial charge in [-0.05, 0) is 31.0 Å². The molecule has 0 bridgehead atoms. The van der Waals surface area contributed by atoms with E-state index in [-0.39, 0.29) is 0 Å². The predicted octanol–water partition coefficient (Wildman–Crippen LogP) is 2.45. The number of aryl methyl sites for hydroxylation is 1. The van der Waals surface area contributed by atoms with Crippen molar-refractivity contribution < 1.29 is 8.78 Å². The lowest BCUT2D eigenvalue weighted by Crippen LogP contribution is -2.34. The zero-order valence-electron chi connectivity index (χ0n) is 8.06. The summed E-state index contributed by atoms with van der Waals surface area (Å²) in [6.07, 6.45) is -1.48. The van der Waals surface area contributed by atoms with Crippen molar-refractivity contribution in [2.45, 2.75) is 25.8 Å². The van der Waals surface area contributed by atoms with E-state index >= 15 is 0 Å². The molecule has 3 heteroatoms. The van der Waals surface area contributed by atoms with Gasteiger partial charge < -0.3 is 5.32 Å². The first kappa shape index (κ1) is 9.59. The summed E-state index contributed by atoms with van der Waals surface area (Å²) in [6.45, 7) is 2.57. The van der Waals surface area contributed by atoms with Gasteiger partial charge in [0.1, 0.15) is 0 Å². The first-order chi connectivity index (χ1) is 6.68. The summed E-state index contributed by atoms with van der Waals surface area (Å²) in [4.78, 5) is 0. The van der Waals surface area contributed by atoms with Gasteiger partial charge in [0.2, 0.25) is 0 Å². The summed E-state index contributed by atoms with van der Waals surface area (Å²) in [5.74, 6) is 0. The van der Waals surface area contributed by atoms with Crippen LogP contribution in [0.4, 0.5) is 8.78 Å². The molecule has 76 valence electrons. The normalized spacial score (nSPS) is 21.0. The summed E-state index contributed by atoms with van der Waals surface area (Å²) >= 11 is 0. The van der Waals surface area contributed by atoms with Crippen LogP contribution in [0, 0.1) is 6.92 Å². The Labute approximate surface area is 82.1 Å². The van der Waals surface area contributed by atoms with Crippen LogP contribution in [0.25, 0.3) is 0 Å². The molecule has 0 aromatic heterocycles. The van der Waals surface area contributed by atoms with Gasteiger partial charge in [-0.15, -0.1) is 0 Å². The Bertz CT molecular complexity index is 336. The third kappa shape index (κ3) is 1.64. The topological polar surface area (TPSA) is 12.0 Å². The molecule has 1 aromatic carbocycles. The van der Waals surface area contributed by atoms with Crippen molar-refractivity contribution in [3.05, 3.63) is 34.9 Å². The number of rotatable bonds is 1. The lowest BCUT2D eigenvalue weighted by atomic mass is 9.93. The van der Waals surface area contributed by atoms with Gasteiger partial charge >= 0.3 is 0 Å². The van der Waals surface area contributed by atoms with Crippen LogP contribution in [0.3, 0.4) is 0 Å². The summed E-state index contributed by atoms with van der Waals surface area (Å²) in [5.41, 5.74) is 2.86. The maximum Gasteiger partial charge on any atom is 0.257 e. The lowest BCUT2D eigenvalue weighted by molar-refractivity contribution is 0.0954. The molecule has 0 saturated heterocycles. The minimum absolute atomic E-state index is 0.644. The minimum atomic E-state index is -2.32. The summed E-state index contributed by atoms with van der Waals surface area (Å²) in [7, 11) is 0. The molecular formula is C11H13F2N. The molecule has 0 aliphatic carbocycles. The molecule has 1 nitrogen and oxygen atoms in total. The van der Waals surface area contributed by atoms with Crippen LogP contribution >= 0.6 is 0 Å². The van der Waals surface area contributed by atoms with Gasteiger partial charge in [0.15, 0.2) is 0 Å². The second-order valence-electron chi connectivity index (χ2n) is 3.72. The van der Waals surface area contributed by atoms with Crippen LogP contribution in [-0.4, -0.2) is 13.0 Å². The Balaban J connectivity index is 2.41. The molecule has 1 aliphatic rings. The third-order valence-electron chi connectivity index (χ3n) is 2.65. The van der Waals surface area contributed by atoms with E-state index in [0.29, 0.717) is 6.54 Å². The summed E-state index contributed by atoms with van der Waals surface area (Å²) in [5, 5.41) is 2.85. The van der Waals surface area contributed by atoms with Crippen LogP contribution in [0.2, 0.25) is 0 Å². The van der Waals surface area contributed by atoms with E-state index in [2.05, 4.69) is 5.32 Å². The molecule has 14 heavy (non-hydrogen) atoms. The highest BCUT2D eigenvalue weighted by atomic mass is 19.3. The van der Waals surface area contributed by atoms with Crippen LogP contribution in [0.5, 0.6) is 0 Å². The maximum absolute atomic E-state index is 12.7. The van der Waals surface area contributed by atoms with Gasteiger partial charge in [-0.3, -0.25) is 0 Å². The van der Waals surface area contributed by atoms with Crippen LogP contribution in [-0.2, 0) is 6.42 Å². The smallest absolute Gasteiger partial charge is 0.257 e. The molecule has 1 aliphatic heterocycles. The maximum atomic E-state index is 12.7. The van der Waals surface area contributed by atoms with E-state index in [1.165, 1.54) is 0 Å². The molecule has 1 unspecified atom stereocenters. The number of fused-ring (bicyclic) bond motifs is 1. The Morgan fingerprint density at radius 2 is 2.21 bits per heavy atom. The molecule has 0 amide bonds. The zero-order chi connectivity index (χ0) is 10.1.